The fourth-order valence-corrected chi connectivity index (χ4v) is 3.02. The highest BCUT2D eigenvalue weighted by molar-refractivity contribution is 7.91. The van der Waals surface area contributed by atoms with Crippen LogP contribution in [0.2, 0.25) is 0 Å². The maximum atomic E-state index is 12.2. The molecule has 0 spiro atoms. The first-order valence-corrected chi connectivity index (χ1v) is 7.65. The summed E-state index contributed by atoms with van der Waals surface area (Å²) < 4.78 is 26.0. The highest BCUT2D eigenvalue weighted by Gasteiger charge is 2.19. The highest BCUT2D eigenvalue weighted by Crippen LogP contribution is 2.18. The summed E-state index contributed by atoms with van der Waals surface area (Å²) in [6.07, 6.45) is 3.32. The number of hydrogen-bond donors (Lipinski definition) is 2. The van der Waals surface area contributed by atoms with Crippen molar-refractivity contribution < 1.29 is 8.42 Å². The van der Waals surface area contributed by atoms with E-state index in [4.69, 9.17) is 5.73 Å². The smallest absolute Gasteiger partial charge is 0.226 e. The number of H-pyrrole nitrogens is 1. The van der Waals surface area contributed by atoms with Crippen LogP contribution in [0, 0.1) is 0 Å². The highest BCUT2D eigenvalue weighted by atomic mass is 32.2. The first-order valence-electron chi connectivity index (χ1n) is 6.00. The van der Waals surface area contributed by atoms with Crippen molar-refractivity contribution in [2.75, 3.05) is 11.5 Å². The number of rotatable bonds is 4. The zero-order valence-corrected chi connectivity index (χ0v) is 11.3. The number of sulfone groups is 1. The van der Waals surface area contributed by atoms with Gasteiger partial charge >= 0.3 is 0 Å². The monoisotopic (exact) mass is 291 g/mol. The third-order valence-corrected chi connectivity index (χ3v) is 4.43. The molecule has 0 unspecified atom stereocenters. The lowest BCUT2D eigenvalue weighted by molar-refractivity contribution is 0.574. The fourth-order valence-electron chi connectivity index (χ4n) is 1.89. The number of aromatic amines is 1. The lowest BCUT2D eigenvalue weighted by Gasteiger charge is -2.01. The predicted molar refractivity (Wildman–Crippen MR) is 74.8 cm³/mol. The van der Waals surface area contributed by atoms with E-state index < -0.39 is 9.84 Å². The molecule has 8 heteroatoms. The quantitative estimate of drug-likeness (QED) is 0.692. The molecule has 0 aliphatic carbocycles. The van der Waals surface area contributed by atoms with Crippen molar-refractivity contribution in [1.29, 1.82) is 0 Å². The Morgan fingerprint density at radius 1 is 1.35 bits per heavy atom. The zero-order valence-electron chi connectivity index (χ0n) is 10.5. The number of aryl methyl sites for hydroxylation is 1. The van der Waals surface area contributed by atoms with Crippen molar-refractivity contribution in [3.63, 3.8) is 0 Å². The molecular formula is C12H13N5O2S. The Bertz CT molecular complexity index is 836. The van der Waals surface area contributed by atoms with Gasteiger partial charge in [-0.2, -0.15) is 5.10 Å². The Balaban J connectivity index is 1.88. The molecule has 0 saturated carbocycles. The van der Waals surface area contributed by atoms with Crippen LogP contribution < -0.4 is 5.73 Å². The number of aromatic nitrogens is 4. The molecule has 7 nitrogen and oxygen atoms in total. The number of imidazole rings is 1. The Morgan fingerprint density at radius 2 is 2.20 bits per heavy atom. The van der Waals surface area contributed by atoms with Crippen molar-refractivity contribution in [3.05, 3.63) is 36.7 Å². The van der Waals surface area contributed by atoms with Crippen LogP contribution in [0.5, 0.6) is 0 Å². The van der Waals surface area contributed by atoms with E-state index in [1.165, 1.54) is 0 Å². The molecule has 1 aromatic carbocycles. The van der Waals surface area contributed by atoms with Gasteiger partial charge in [-0.1, -0.05) is 0 Å². The topological polar surface area (TPSA) is 107 Å². The normalized spacial score (nSPS) is 12.0. The van der Waals surface area contributed by atoms with E-state index in [1.54, 1.807) is 41.3 Å². The van der Waals surface area contributed by atoms with E-state index in [-0.39, 0.29) is 17.5 Å². The van der Waals surface area contributed by atoms with Gasteiger partial charge in [0.15, 0.2) is 0 Å². The number of fused-ring (bicyclic) bond motifs is 1. The second-order valence-corrected chi connectivity index (χ2v) is 6.43. The third kappa shape index (κ3) is 2.37. The average molecular weight is 291 g/mol. The number of nitrogens with one attached hydrogen (secondary N) is 1. The van der Waals surface area contributed by atoms with E-state index in [9.17, 15) is 8.42 Å². The first kappa shape index (κ1) is 12.7. The molecule has 0 bridgehead atoms. The molecule has 0 atom stereocenters. The van der Waals surface area contributed by atoms with E-state index in [1.807, 2.05) is 0 Å². The molecule has 0 saturated heterocycles. The van der Waals surface area contributed by atoms with E-state index >= 15 is 0 Å². The van der Waals surface area contributed by atoms with Gasteiger partial charge in [-0.25, -0.2) is 13.4 Å². The lowest BCUT2D eigenvalue weighted by Crippen LogP contribution is -2.14. The summed E-state index contributed by atoms with van der Waals surface area (Å²) in [7, 11) is -3.48. The summed E-state index contributed by atoms with van der Waals surface area (Å²) in [4.78, 5) is 6.89. The SMILES string of the molecule is Nc1ccc2nc(S(=O)(=O)CCn3cccn3)[nH]c2c1. The van der Waals surface area contributed by atoms with Gasteiger partial charge in [0.25, 0.3) is 0 Å². The molecule has 0 fully saturated rings. The minimum Gasteiger partial charge on any atom is -0.399 e. The molecule has 104 valence electrons. The zero-order chi connectivity index (χ0) is 14.2. The van der Waals surface area contributed by atoms with Crippen molar-refractivity contribution in [1.82, 2.24) is 19.7 Å². The van der Waals surface area contributed by atoms with E-state index in [2.05, 4.69) is 15.1 Å². The molecular weight excluding hydrogens is 278 g/mol. The van der Waals surface area contributed by atoms with Gasteiger partial charge in [0, 0.05) is 18.1 Å². The number of nitrogens with zero attached hydrogens (tertiary/aromatic N) is 3. The largest absolute Gasteiger partial charge is 0.399 e. The van der Waals surface area contributed by atoms with Crippen molar-refractivity contribution in [2.45, 2.75) is 11.7 Å². The van der Waals surface area contributed by atoms with Crippen LogP contribution in [0.4, 0.5) is 5.69 Å². The Hall–Kier alpha value is -2.35. The summed E-state index contributed by atoms with van der Waals surface area (Å²) in [5.41, 5.74) is 7.41. The lowest BCUT2D eigenvalue weighted by atomic mass is 10.3. The van der Waals surface area contributed by atoms with Crippen LogP contribution in [-0.2, 0) is 16.4 Å². The number of nitrogen functional groups attached to an aromatic ring is 1. The van der Waals surface area contributed by atoms with Crippen molar-refractivity contribution in [3.8, 4) is 0 Å². The van der Waals surface area contributed by atoms with Crippen LogP contribution in [0.1, 0.15) is 0 Å². The molecule has 2 aromatic heterocycles. The van der Waals surface area contributed by atoms with Crippen LogP contribution in [0.3, 0.4) is 0 Å². The van der Waals surface area contributed by atoms with Crippen LogP contribution in [-0.4, -0.2) is 33.9 Å². The number of hydrogen-bond acceptors (Lipinski definition) is 5. The van der Waals surface area contributed by atoms with Crippen LogP contribution in [0.15, 0.2) is 41.8 Å². The van der Waals surface area contributed by atoms with Gasteiger partial charge in [-0.3, -0.25) is 4.68 Å². The molecule has 0 aliphatic rings. The molecule has 0 amide bonds. The maximum Gasteiger partial charge on any atom is 0.226 e. The molecule has 3 aromatic rings. The number of anilines is 1. The summed E-state index contributed by atoms with van der Waals surface area (Å²) in [6, 6.07) is 6.78. The average Bonchev–Trinajstić information content (AvgIpc) is 3.05. The second kappa shape index (κ2) is 4.64. The Kier molecular flexibility index (Phi) is 2.94. The molecule has 2 heterocycles. The van der Waals surface area contributed by atoms with E-state index in [0.717, 1.165) is 0 Å². The van der Waals surface area contributed by atoms with Gasteiger partial charge in [-0.15, -0.1) is 0 Å². The Labute approximate surface area is 115 Å². The van der Waals surface area contributed by atoms with Crippen LogP contribution in [0.25, 0.3) is 11.0 Å². The summed E-state index contributed by atoms with van der Waals surface area (Å²) >= 11 is 0. The molecule has 3 rings (SSSR count). The maximum absolute atomic E-state index is 12.2. The number of nitrogens with two attached hydrogens (primary N) is 1. The van der Waals surface area contributed by atoms with Gasteiger partial charge in [0.1, 0.15) is 0 Å². The van der Waals surface area contributed by atoms with Gasteiger partial charge in [-0.05, 0) is 24.3 Å². The summed E-state index contributed by atoms with van der Waals surface area (Å²) in [5, 5.41) is 3.94. The van der Waals surface area contributed by atoms with Gasteiger partial charge in [0.2, 0.25) is 15.0 Å². The van der Waals surface area contributed by atoms with Gasteiger partial charge < -0.3 is 10.7 Å². The minimum absolute atomic E-state index is 0.0368. The van der Waals surface area contributed by atoms with E-state index in [0.29, 0.717) is 16.7 Å². The standard InChI is InChI=1S/C12H13N5O2S/c13-9-2-3-10-11(8-9)16-12(15-10)20(18,19)7-6-17-5-1-4-14-17/h1-5,8H,6-7,13H2,(H,15,16). The molecule has 20 heavy (non-hydrogen) atoms. The Morgan fingerprint density at radius 3 is 2.95 bits per heavy atom. The second-order valence-electron chi connectivity index (χ2n) is 4.41. The molecule has 0 aliphatic heterocycles. The predicted octanol–water partition coefficient (Wildman–Crippen LogP) is 0.815. The third-order valence-electron chi connectivity index (χ3n) is 2.93. The van der Waals surface area contributed by atoms with Crippen molar-refractivity contribution >= 4 is 26.6 Å². The fraction of sp³-hybridized carbons (Fsp3) is 0.167. The van der Waals surface area contributed by atoms with Crippen LogP contribution >= 0.6 is 0 Å². The minimum atomic E-state index is -3.48. The summed E-state index contributed by atoms with van der Waals surface area (Å²) in [5.74, 6) is -0.0655. The first-order chi connectivity index (χ1) is 9.54. The molecule has 0 radical (unpaired) electrons. The van der Waals surface area contributed by atoms with Crippen molar-refractivity contribution in [2.24, 2.45) is 0 Å². The molecule has 3 N–H and O–H groups in total. The van der Waals surface area contributed by atoms with Gasteiger partial charge in [0.05, 0.1) is 23.3 Å². The summed E-state index contributed by atoms with van der Waals surface area (Å²) in [6.45, 7) is 0.286. The number of benzene rings is 1.